The Morgan fingerprint density at radius 3 is 3.15 bits per heavy atom. The maximum atomic E-state index is 13.1. The summed E-state index contributed by atoms with van der Waals surface area (Å²) in [5.74, 6) is 2.66. The number of aryl methyl sites for hydroxylation is 1. The SMILES string of the molecule is Cc1c[nH]c2ncnc(N3C=C(C(=O)N4CCC5CCNC5C4)SCC3)c12. The molecule has 5 rings (SSSR count). The first-order valence-corrected chi connectivity index (χ1v) is 10.6. The Labute approximate surface area is 162 Å². The number of nitrogens with zero attached hydrogens (tertiary/aromatic N) is 4. The Balaban J connectivity index is 1.41. The smallest absolute Gasteiger partial charge is 0.261 e. The highest BCUT2D eigenvalue weighted by Crippen LogP contribution is 2.33. The van der Waals surface area contributed by atoms with Crippen molar-refractivity contribution in [3.05, 3.63) is 29.2 Å². The predicted molar refractivity (Wildman–Crippen MR) is 108 cm³/mol. The highest BCUT2D eigenvalue weighted by molar-refractivity contribution is 8.04. The van der Waals surface area contributed by atoms with Gasteiger partial charge in [0.05, 0.1) is 10.3 Å². The first-order chi connectivity index (χ1) is 13.2. The first-order valence-electron chi connectivity index (χ1n) is 9.63. The quantitative estimate of drug-likeness (QED) is 0.823. The van der Waals surface area contributed by atoms with E-state index in [1.54, 1.807) is 18.1 Å². The molecule has 5 heterocycles. The minimum atomic E-state index is 0.160. The monoisotopic (exact) mass is 384 g/mol. The van der Waals surface area contributed by atoms with E-state index in [2.05, 4.69) is 32.1 Å². The van der Waals surface area contributed by atoms with Crippen molar-refractivity contribution in [2.45, 2.75) is 25.8 Å². The number of rotatable bonds is 2. The Morgan fingerprint density at radius 2 is 2.22 bits per heavy atom. The normalized spacial score (nSPS) is 25.6. The van der Waals surface area contributed by atoms with E-state index in [1.165, 1.54) is 6.42 Å². The fourth-order valence-corrected chi connectivity index (χ4v) is 5.43. The number of amides is 1. The van der Waals surface area contributed by atoms with Crippen LogP contribution in [0.4, 0.5) is 5.82 Å². The van der Waals surface area contributed by atoms with Gasteiger partial charge in [-0.05, 0) is 37.8 Å². The Hall–Kier alpha value is -2.06. The fraction of sp³-hybridized carbons (Fsp3) is 0.526. The molecule has 2 atom stereocenters. The minimum absolute atomic E-state index is 0.160. The van der Waals surface area contributed by atoms with Gasteiger partial charge < -0.3 is 20.1 Å². The summed E-state index contributed by atoms with van der Waals surface area (Å²) in [6.45, 7) is 5.68. The third-order valence-corrected chi connectivity index (χ3v) is 6.94. The van der Waals surface area contributed by atoms with Crippen molar-refractivity contribution in [2.24, 2.45) is 5.92 Å². The van der Waals surface area contributed by atoms with Crippen LogP contribution < -0.4 is 10.2 Å². The van der Waals surface area contributed by atoms with Gasteiger partial charge >= 0.3 is 0 Å². The van der Waals surface area contributed by atoms with Crippen molar-refractivity contribution in [1.82, 2.24) is 25.2 Å². The molecule has 8 heteroatoms. The number of fused-ring (bicyclic) bond motifs is 2. The summed E-state index contributed by atoms with van der Waals surface area (Å²) in [4.78, 5) is 30.1. The number of aromatic amines is 1. The number of carbonyl (C=O) groups excluding carboxylic acids is 1. The van der Waals surface area contributed by atoms with E-state index in [9.17, 15) is 4.79 Å². The molecule has 2 saturated heterocycles. The van der Waals surface area contributed by atoms with E-state index in [0.717, 1.165) is 71.6 Å². The molecule has 0 aromatic carbocycles. The van der Waals surface area contributed by atoms with Crippen LogP contribution in [0, 0.1) is 12.8 Å². The lowest BCUT2D eigenvalue weighted by Gasteiger charge is -2.36. The van der Waals surface area contributed by atoms with Gasteiger partial charge in [-0.1, -0.05) is 0 Å². The maximum Gasteiger partial charge on any atom is 0.261 e. The number of piperidine rings is 1. The van der Waals surface area contributed by atoms with Gasteiger partial charge in [0.1, 0.15) is 17.8 Å². The molecular weight excluding hydrogens is 360 g/mol. The Morgan fingerprint density at radius 1 is 1.30 bits per heavy atom. The lowest BCUT2D eigenvalue weighted by atomic mass is 9.92. The van der Waals surface area contributed by atoms with Crippen molar-refractivity contribution in [2.75, 3.05) is 36.8 Å². The average Bonchev–Trinajstić information content (AvgIpc) is 3.33. The molecule has 2 unspecified atom stereocenters. The van der Waals surface area contributed by atoms with Gasteiger partial charge in [0.25, 0.3) is 5.91 Å². The molecule has 0 bridgehead atoms. The van der Waals surface area contributed by atoms with Gasteiger partial charge in [-0.25, -0.2) is 9.97 Å². The second kappa shape index (κ2) is 6.83. The number of anilines is 1. The van der Waals surface area contributed by atoms with Crippen LogP contribution in [-0.4, -0.2) is 63.7 Å². The van der Waals surface area contributed by atoms with Crippen molar-refractivity contribution in [3.8, 4) is 0 Å². The van der Waals surface area contributed by atoms with Crippen LogP contribution in [0.15, 0.2) is 23.6 Å². The molecule has 2 N–H and O–H groups in total. The molecule has 142 valence electrons. The minimum Gasteiger partial charge on any atom is -0.346 e. The number of likely N-dealkylation sites (tertiary alicyclic amines) is 1. The summed E-state index contributed by atoms with van der Waals surface area (Å²) in [7, 11) is 0. The number of hydrogen-bond donors (Lipinski definition) is 2. The van der Waals surface area contributed by atoms with E-state index in [0.29, 0.717) is 6.04 Å². The molecule has 2 fully saturated rings. The molecule has 1 amide bonds. The topological polar surface area (TPSA) is 77.2 Å². The number of carbonyl (C=O) groups is 1. The molecule has 0 spiro atoms. The largest absolute Gasteiger partial charge is 0.346 e. The van der Waals surface area contributed by atoms with Crippen LogP contribution >= 0.6 is 11.8 Å². The zero-order chi connectivity index (χ0) is 18.4. The maximum absolute atomic E-state index is 13.1. The van der Waals surface area contributed by atoms with E-state index in [1.807, 2.05) is 17.3 Å². The van der Waals surface area contributed by atoms with Crippen LogP contribution in [0.3, 0.4) is 0 Å². The molecule has 0 aliphatic carbocycles. The summed E-state index contributed by atoms with van der Waals surface area (Å²) in [6, 6.07) is 0.469. The van der Waals surface area contributed by atoms with Crippen LogP contribution in [0.5, 0.6) is 0 Å². The zero-order valence-corrected chi connectivity index (χ0v) is 16.3. The first kappa shape index (κ1) is 17.1. The predicted octanol–water partition coefficient (Wildman–Crippen LogP) is 1.87. The molecule has 3 aliphatic heterocycles. The number of thioether (sulfide) groups is 1. The highest BCUT2D eigenvalue weighted by atomic mass is 32.2. The molecular formula is C19H24N6OS. The van der Waals surface area contributed by atoms with E-state index < -0.39 is 0 Å². The van der Waals surface area contributed by atoms with Crippen LogP contribution in [-0.2, 0) is 4.79 Å². The van der Waals surface area contributed by atoms with Crippen molar-refractivity contribution >= 4 is 34.5 Å². The van der Waals surface area contributed by atoms with Gasteiger partial charge in [-0.3, -0.25) is 4.79 Å². The second-order valence-electron chi connectivity index (χ2n) is 7.58. The van der Waals surface area contributed by atoms with Crippen molar-refractivity contribution in [3.63, 3.8) is 0 Å². The average molecular weight is 385 g/mol. The standard InChI is InChI=1S/C19H24N6OS/c1-12-8-21-17-16(12)18(23-11-22-17)24-6-7-27-15(10-24)19(26)25-5-3-13-2-4-20-14(13)9-25/h8,10-11,13-14,20H,2-7,9H2,1H3,(H,21,22,23). The van der Waals surface area contributed by atoms with Gasteiger partial charge in [0.15, 0.2) is 0 Å². The van der Waals surface area contributed by atoms with Crippen LogP contribution in [0.1, 0.15) is 18.4 Å². The zero-order valence-electron chi connectivity index (χ0n) is 15.4. The van der Waals surface area contributed by atoms with E-state index in [4.69, 9.17) is 0 Å². The van der Waals surface area contributed by atoms with Crippen molar-refractivity contribution < 1.29 is 4.79 Å². The molecule has 0 saturated carbocycles. The third kappa shape index (κ3) is 3.00. The van der Waals surface area contributed by atoms with Crippen LogP contribution in [0.25, 0.3) is 11.0 Å². The summed E-state index contributed by atoms with van der Waals surface area (Å²) >= 11 is 1.66. The van der Waals surface area contributed by atoms with Crippen LogP contribution in [0.2, 0.25) is 0 Å². The lowest BCUT2D eigenvalue weighted by molar-refractivity contribution is -0.128. The molecule has 0 radical (unpaired) electrons. The molecule has 7 nitrogen and oxygen atoms in total. The Kier molecular flexibility index (Phi) is 4.32. The lowest BCUT2D eigenvalue weighted by Crippen LogP contribution is -2.49. The summed E-state index contributed by atoms with van der Waals surface area (Å²) < 4.78 is 0. The van der Waals surface area contributed by atoms with E-state index in [-0.39, 0.29) is 5.91 Å². The number of H-pyrrole nitrogens is 1. The molecule has 27 heavy (non-hydrogen) atoms. The number of aromatic nitrogens is 3. The molecule has 2 aromatic rings. The molecule has 2 aromatic heterocycles. The van der Waals surface area contributed by atoms with Crippen molar-refractivity contribution in [1.29, 1.82) is 0 Å². The summed E-state index contributed by atoms with van der Waals surface area (Å²) in [6.07, 6.45) is 7.88. The van der Waals surface area contributed by atoms with Gasteiger partial charge in [0.2, 0.25) is 0 Å². The summed E-state index contributed by atoms with van der Waals surface area (Å²) in [5, 5.41) is 4.58. The summed E-state index contributed by atoms with van der Waals surface area (Å²) in [5.41, 5.74) is 1.96. The number of hydrogen-bond acceptors (Lipinski definition) is 6. The third-order valence-electron chi connectivity index (χ3n) is 5.96. The van der Waals surface area contributed by atoms with E-state index >= 15 is 0 Å². The number of nitrogens with one attached hydrogen (secondary N) is 2. The van der Waals surface area contributed by atoms with Gasteiger partial charge in [0, 0.05) is 43.8 Å². The Bertz CT molecular complexity index is 909. The van der Waals surface area contributed by atoms with Gasteiger partial charge in [-0.15, -0.1) is 11.8 Å². The fourth-order valence-electron chi connectivity index (χ4n) is 4.47. The highest BCUT2D eigenvalue weighted by Gasteiger charge is 2.35. The second-order valence-corrected chi connectivity index (χ2v) is 8.71. The molecule has 3 aliphatic rings. The van der Waals surface area contributed by atoms with Gasteiger partial charge in [-0.2, -0.15) is 0 Å².